The first-order valence-electron chi connectivity index (χ1n) is 10.8. The highest BCUT2D eigenvalue weighted by Gasteiger charge is 2.64. The van der Waals surface area contributed by atoms with E-state index in [2.05, 4.69) is 13.8 Å². The van der Waals surface area contributed by atoms with Crippen LogP contribution in [0.1, 0.15) is 72.1 Å². The molecule has 0 aromatic carbocycles. The third kappa shape index (κ3) is 2.44. The van der Waals surface area contributed by atoms with Gasteiger partial charge in [0, 0.05) is 5.41 Å². The van der Waals surface area contributed by atoms with Crippen molar-refractivity contribution in [1.29, 1.82) is 0 Å². The highest BCUT2D eigenvalue weighted by Crippen LogP contribution is 2.68. The average molecular weight is 365 g/mol. The number of aliphatic hydroxyl groups excluding tert-OH is 2. The number of carboxylic acid groups (broad SMARTS) is 1. The van der Waals surface area contributed by atoms with E-state index in [-0.39, 0.29) is 28.8 Å². The maximum absolute atomic E-state index is 11.7. The summed E-state index contributed by atoms with van der Waals surface area (Å²) in [6.45, 7) is 6.44. The maximum atomic E-state index is 11.7. The molecule has 0 spiro atoms. The Kier molecular flexibility index (Phi) is 4.47. The summed E-state index contributed by atoms with van der Waals surface area (Å²) in [6.07, 6.45) is 7.57. The van der Waals surface area contributed by atoms with Gasteiger partial charge in [-0.05, 0) is 86.4 Å². The van der Waals surface area contributed by atoms with E-state index < -0.39 is 12.1 Å². The molecular weight excluding hydrogens is 328 g/mol. The molecule has 4 aliphatic rings. The average Bonchev–Trinajstić information content (AvgIpc) is 2.94. The zero-order valence-corrected chi connectivity index (χ0v) is 16.5. The van der Waals surface area contributed by atoms with Gasteiger partial charge in [-0.25, -0.2) is 0 Å². The van der Waals surface area contributed by atoms with Crippen molar-refractivity contribution in [3.63, 3.8) is 0 Å². The Morgan fingerprint density at radius 1 is 1.00 bits per heavy atom. The molecule has 0 amide bonds. The molecule has 4 aliphatic carbocycles. The molecule has 148 valence electrons. The minimum atomic E-state index is -0.719. The first kappa shape index (κ1) is 18.7. The van der Waals surface area contributed by atoms with E-state index in [0.717, 1.165) is 38.5 Å². The standard InChI is InChI=1S/C22H36O4/c1-12(20(25)26)16-6-7-17-15-5-4-13-10-14(23)8-9-21(13,2)18(15)11-19(24)22(16,17)3/h12-19,23-24H,4-11H2,1-3H3,(H,25,26)/t12-,13+,14+,15-,16-,17+,18+,19-,21-,22-/m0/s1. The molecule has 0 aromatic heterocycles. The van der Waals surface area contributed by atoms with Gasteiger partial charge in [0.05, 0.1) is 18.1 Å². The summed E-state index contributed by atoms with van der Waals surface area (Å²) in [6, 6.07) is 0. The van der Waals surface area contributed by atoms with Crippen LogP contribution in [0.2, 0.25) is 0 Å². The fraction of sp³-hybridized carbons (Fsp3) is 0.955. The molecular formula is C22H36O4. The summed E-state index contributed by atoms with van der Waals surface area (Å²) in [5, 5.41) is 31.0. The largest absolute Gasteiger partial charge is 0.481 e. The minimum Gasteiger partial charge on any atom is -0.481 e. The van der Waals surface area contributed by atoms with Crippen LogP contribution in [0.3, 0.4) is 0 Å². The lowest BCUT2D eigenvalue weighted by atomic mass is 9.43. The number of carboxylic acids is 1. The Bertz CT molecular complexity index is 576. The van der Waals surface area contributed by atoms with Gasteiger partial charge in [-0.2, -0.15) is 0 Å². The highest BCUT2D eigenvalue weighted by atomic mass is 16.4. The number of carbonyl (C=O) groups is 1. The molecule has 0 heterocycles. The molecule has 0 bridgehead atoms. The van der Waals surface area contributed by atoms with Crippen molar-refractivity contribution >= 4 is 5.97 Å². The fourth-order valence-electron chi connectivity index (χ4n) is 8.22. The zero-order valence-electron chi connectivity index (χ0n) is 16.5. The number of aliphatic hydroxyl groups is 2. The predicted octanol–water partition coefficient (Wildman–Crippen LogP) is 3.70. The molecule has 0 unspecified atom stereocenters. The van der Waals surface area contributed by atoms with Crippen molar-refractivity contribution in [3.05, 3.63) is 0 Å². The summed E-state index contributed by atoms with van der Waals surface area (Å²) in [7, 11) is 0. The topological polar surface area (TPSA) is 77.8 Å². The first-order valence-corrected chi connectivity index (χ1v) is 10.8. The number of rotatable bonds is 2. The van der Waals surface area contributed by atoms with Gasteiger partial charge >= 0.3 is 5.97 Å². The number of aliphatic carboxylic acids is 1. The summed E-state index contributed by atoms with van der Waals surface area (Å²) >= 11 is 0. The van der Waals surface area contributed by atoms with Gasteiger partial charge in [0.2, 0.25) is 0 Å². The molecule has 4 heteroatoms. The molecule has 4 nitrogen and oxygen atoms in total. The molecule has 0 radical (unpaired) electrons. The van der Waals surface area contributed by atoms with E-state index in [1.807, 2.05) is 6.92 Å². The fourth-order valence-corrected chi connectivity index (χ4v) is 8.22. The van der Waals surface area contributed by atoms with E-state index in [4.69, 9.17) is 0 Å². The summed E-state index contributed by atoms with van der Waals surface area (Å²) < 4.78 is 0. The van der Waals surface area contributed by atoms with E-state index in [9.17, 15) is 20.1 Å². The van der Waals surface area contributed by atoms with E-state index in [0.29, 0.717) is 23.7 Å². The summed E-state index contributed by atoms with van der Waals surface area (Å²) in [5.41, 5.74) is -0.0166. The van der Waals surface area contributed by atoms with Gasteiger partial charge in [0.15, 0.2) is 0 Å². The van der Waals surface area contributed by atoms with Crippen LogP contribution in [0.4, 0.5) is 0 Å². The normalized spacial score (nSPS) is 54.7. The van der Waals surface area contributed by atoms with Crippen molar-refractivity contribution < 1.29 is 20.1 Å². The number of hydrogen-bond acceptors (Lipinski definition) is 3. The van der Waals surface area contributed by atoms with Crippen molar-refractivity contribution in [2.24, 2.45) is 46.3 Å². The Labute approximate surface area is 157 Å². The maximum Gasteiger partial charge on any atom is 0.306 e. The molecule has 0 saturated heterocycles. The van der Waals surface area contributed by atoms with Crippen LogP contribution < -0.4 is 0 Å². The third-order valence-electron chi connectivity index (χ3n) is 9.81. The monoisotopic (exact) mass is 364 g/mol. The van der Waals surface area contributed by atoms with Gasteiger partial charge in [-0.15, -0.1) is 0 Å². The highest BCUT2D eigenvalue weighted by molar-refractivity contribution is 5.70. The predicted molar refractivity (Wildman–Crippen MR) is 99.4 cm³/mol. The quantitative estimate of drug-likeness (QED) is 0.698. The summed E-state index contributed by atoms with van der Waals surface area (Å²) in [4.78, 5) is 11.7. The smallest absolute Gasteiger partial charge is 0.306 e. The summed E-state index contributed by atoms with van der Waals surface area (Å²) in [5.74, 6) is 1.16. The number of hydrogen-bond donors (Lipinski definition) is 3. The molecule has 26 heavy (non-hydrogen) atoms. The molecule has 4 saturated carbocycles. The first-order chi connectivity index (χ1) is 12.2. The second kappa shape index (κ2) is 6.20. The van der Waals surface area contributed by atoms with E-state index >= 15 is 0 Å². The zero-order chi connectivity index (χ0) is 18.9. The second-order valence-electron chi connectivity index (χ2n) is 10.5. The third-order valence-corrected chi connectivity index (χ3v) is 9.81. The molecule has 10 atom stereocenters. The van der Waals surface area contributed by atoms with Gasteiger partial charge < -0.3 is 15.3 Å². The second-order valence-corrected chi connectivity index (χ2v) is 10.5. The van der Waals surface area contributed by atoms with Gasteiger partial charge in [-0.1, -0.05) is 20.8 Å². The van der Waals surface area contributed by atoms with Crippen LogP contribution in [-0.4, -0.2) is 33.5 Å². The van der Waals surface area contributed by atoms with Crippen LogP contribution >= 0.6 is 0 Å². The minimum absolute atomic E-state index is 0.0830. The van der Waals surface area contributed by atoms with Crippen LogP contribution in [0.5, 0.6) is 0 Å². The Morgan fingerprint density at radius 2 is 1.73 bits per heavy atom. The van der Waals surface area contributed by atoms with Crippen LogP contribution in [0.15, 0.2) is 0 Å². The lowest BCUT2D eigenvalue weighted by Gasteiger charge is -2.62. The van der Waals surface area contributed by atoms with Crippen molar-refractivity contribution in [2.75, 3.05) is 0 Å². The molecule has 4 rings (SSSR count). The van der Waals surface area contributed by atoms with E-state index in [1.165, 1.54) is 12.8 Å². The van der Waals surface area contributed by atoms with E-state index in [1.54, 1.807) is 0 Å². The van der Waals surface area contributed by atoms with Crippen molar-refractivity contribution in [2.45, 2.75) is 84.3 Å². The molecule has 0 aromatic rings. The molecule has 0 aliphatic heterocycles. The lowest BCUT2D eigenvalue weighted by Crippen LogP contribution is -2.59. The van der Waals surface area contributed by atoms with Crippen molar-refractivity contribution in [1.82, 2.24) is 0 Å². The lowest BCUT2D eigenvalue weighted by molar-refractivity contribution is -0.178. The van der Waals surface area contributed by atoms with Crippen molar-refractivity contribution in [3.8, 4) is 0 Å². The van der Waals surface area contributed by atoms with Crippen LogP contribution in [0, 0.1) is 46.3 Å². The Balaban J connectivity index is 1.64. The van der Waals surface area contributed by atoms with Gasteiger partial charge in [0.25, 0.3) is 0 Å². The van der Waals surface area contributed by atoms with Gasteiger partial charge in [0.1, 0.15) is 0 Å². The molecule has 3 N–H and O–H groups in total. The number of fused-ring (bicyclic) bond motifs is 5. The SMILES string of the molecule is C[C@H](C(=O)O)[C@@H]1CC[C@@H]2[C@@H]3CC[C@@H]4C[C@H](O)CC[C@]4(C)[C@@H]3C[C@H](O)[C@]21C. The van der Waals surface area contributed by atoms with Crippen LogP contribution in [0.25, 0.3) is 0 Å². The molecule has 4 fully saturated rings. The van der Waals surface area contributed by atoms with Crippen LogP contribution in [-0.2, 0) is 4.79 Å². The van der Waals surface area contributed by atoms with Gasteiger partial charge in [-0.3, -0.25) is 4.79 Å². The Hall–Kier alpha value is -0.610. The Morgan fingerprint density at radius 3 is 2.42 bits per heavy atom.